The number of rotatable bonds is 6. The summed E-state index contributed by atoms with van der Waals surface area (Å²) in [5.41, 5.74) is 2.03. The van der Waals surface area contributed by atoms with Crippen molar-refractivity contribution in [3.63, 3.8) is 0 Å². The minimum Gasteiger partial charge on any atom is -0.366 e. The van der Waals surface area contributed by atoms with Gasteiger partial charge in [0.15, 0.2) is 0 Å². The van der Waals surface area contributed by atoms with Crippen LogP contribution in [-0.2, 0) is 17.8 Å². The number of amides is 1. The van der Waals surface area contributed by atoms with Gasteiger partial charge in [0, 0.05) is 18.9 Å². The smallest absolute Gasteiger partial charge is 0.228 e. The molecule has 0 aliphatic heterocycles. The number of anilines is 2. The average molecular weight is 336 g/mol. The highest BCUT2D eigenvalue weighted by Gasteiger charge is 2.08. The third-order valence-corrected chi connectivity index (χ3v) is 3.58. The molecule has 25 heavy (non-hydrogen) atoms. The molecule has 2 heterocycles. The Kier molecular flexibility index (Phi) is 5.31. The van der Waals surface area contributed by atoms with Crippen LogP contribution in [0.3, 0.4) is 0 Å². The van der Waals surface area contributed by atoms with Gasteiger partial charge in [0.05, 0.1) is 18.3 Å². The molecule has 0 aliphatic carbocycles. The Labute approximate surface area is 145 Å². The van der Waals surface area contributed by atoms with Gasteiger partial charge in [-0.2, -0.15) is 0 Å². The van der Waals surface area contributed by atoms with Crippen molar-refractivity contribution in [1.82, 2.24) is 9.97 Å². The lowest BCUT2D eigenvalue weighted by Crippen LogP contribution is -2.15. The van der Waals surface area contributed by atoms with Gasteiger partial charge in [0.1, 0.15) is 11.6 Å². The van der Waals surface area contributed by atoms with Crippen LogP contribution in [-0.4, -0.2) is 15.9 Å². The van der Waals surface area contributed by atoms with Crippen LogP contribution in [0.4, 0.5) is 15.9 Å². The van der Waals surface area contributed by atoms with Gasteiger partial charge in [-0.1, -0.05) is 18.2 Å². The summed E-state index contributed by atoms with van der Waals surface area (Å²) in [6.07, 6.45) is 5.01. The predicted octanol–water partition coefficient (Wildman–Crippen LogP) is 3.41. The van der Waals surface area contributed by atoms with E-state index in [1.54, 1.807) is 48.9 Å². The van der Waals surface area contributed by atoms with E-state index in [-0.39, 0.29) is 18.1 Å². The van der Waals surface area contributed by atoms with E-state index in [0.29, 0.717) is 23.6 Å². The quantitative estimate of drug-likeness (QED) is 0.724. The van der Waals surface area contributed by atoms with Crippen LogP contribution in [0, 0.1) is 5.82 Å². The largest absolute Gasteiger partial charge is 0.366 e. The molecule has 6 heteroatoms. The van der Waals surface area contributed by atoms with E-state index >= 15 is 0 Å². The van der Waals surface area contributed by atoms with Crippen molar-refractivity contribution in [3.8, 4) is 0 Å². The van der Waals surface area contributed by atoms with E-state index in [4.69, 9.17) is 0 Å². The fourth-order valence-corrected chi connectivity index (χ4v) is 2.29. The van der Waals surface area contributed by atoms with E-state index in [0.717, 1.165) is 5.56 Å². The number of carbonyl (C=O) groups excluding carboxylic acids is 1. The zero-order chi connectivity index (χ0) is 17.5. The standard InChI is InChI=1S/C19H17FN4O/c20-17-4-2-1-3-15(17)11-19(25)24-16-5-6-18(23-13-16)22-12-14-7-9-21-10-8-14/h1-10,13H,11-12H2,(H,22,23)(H,24,25). The molecule has 0 spiro atoms. The number of benzene rings is 1. The fourth-order valence-electron chi connectivity index (χ4n) is 2.29. The van der Waals surface area contributed by atoms with Crippen molar-refractivity contribution < 1.29 is 9.18 Å². The lowest BCUT2D eigenvalue weighted by molar-refractivity contribution is -0.115. The lowest BCUT2D eigenvalue weighted by Gasteiger charge is -2.08. The molecular weight excluding hydrogens is 319 g/mol. The molecule has 0 radical (unpaired) electrons. The molecule has 0 unspecified atom stereocenters. The van der Waals surface area contributed by atoms with Crippen molar-refractivity contribution in [1.29, 1.82) is 0 Å². The summed E-state index contributed by atoms with van der Waals surface area (Å²) in [6.45, 7) is 0.633. The van der Waals surface area contributed by atoms with Crippen LogP contribution in [0.15, 0.2) is 67.1 Å². The van der Waals surface area contributed by atoms with E-state index < -0.39 is 0 Å². The molecule has 0 atom stereocenters. The summed E-state index contributed by atoms with van der Waals surface area (Å²) >= 11 is 0. The molecule has 2 N–H and O–H groups in total. The Hall–Kier alpha value is -3.28. The molecule has 0 saturated heterocycles. The van der Waals surface area contributed by atoms with Crippen molar-refractivity contribution >= 4 is 17.4 Å². The van der Waals surface area contributed by atoms with Crippen LogP contribution in [0.25, 0.3) is 0 Å². The van der Waals surface area contributed by atoms with Crippen LogP contribution in [0.2, 0.25) is 0 Å². The zero-order valence-corrected chi connectivity index (χ0v) is 13.4. The molecule has 0 aliphatic rings. The molecule has 0 fully saturated rings. The Morgan fingerprint density at radius 3 is 2.56 bits per heavy atom. The maximum Gasteiger partial charge on any atom is 0.228 e. The Bertz CT molecular complexity index is 838. The second kappa shape index (κ2) is 8.01. The summed E-state index contributed by atoms with van der Waals surface area (Å²) < 4.78 is 13.6. The van der Waals surface area contributed by atoms with E-state index in [1.165, 1.54) is 6.07 Å². The predicted molar refractivity (Wildman–Crippen MR) is 94.5 cm³/mol. The summed E-state index contributed by atoms with van der Waals surface area (Å²) in [4.78, 5) is 20.2. The van der Waals surface area contributed by atoms with Gasteiger partial charge in [-0.15, -0.1) is 0 Å². The molecule has 0 saturated carbocycles. The lowest BCUT2D eigenvalue weighted by atomic mass is 10.1. The topological polar surface area (TPSA) is 66.9 Å². The van der Waals surface area contributed by atoms with E-state index in [9.17, 15) is 9.18 Å². The van der Waals surface area contributed by atoms with Crippen molar-refractivity contribution in [2.24, 2.45) is 0 Å². The first-order chi connectivity index (χ1) is 12.2. The Balaban J connectivity index is 1.53. The second-order valence-electron chi connectivity index (χ2n) is 5.46. The molecule has 1 amide bonds. The highest BCUT2D eigenvalue weighted by atomic mass is 19.1. The van der Waals surface area contributed by atoms with Gasteiger partial charge in [0.2, 0.25) is 5.91 Å². The van der Waals surface area contributed by atoms with E-state index in [1.807, 2.05) is 12.1 Å². The number of aromatic nitrogens is 2. The van der Waals surface area contributed by atoms with E-state index in [2.05, 4.69) is 20.6 Å². The molecule has 0 bridgehead atoms. The first kappa shape index (κ1) is 16.6. The average Bonchev–Trinajstić information content (AvgIpc) is 2.64. The minimum atomic E-state index is -0.383. The minimum absolute atomic E-state index is 0.0191. The third-order valence-electron chi connectivity index (χ3n) is 3.58. The molecule has 3 aromatic rings. The highest BCUT2D eigenvalue weighted by Crippen LogP contribution is 2.12. The van der Waals surface area contributed by atoms with Crippen LogP contribution in [0.1, 0.15) is 11.1 Å². The van der Waals surface area contributed by atoms with Gasteiger partial charge >= 0.3 is 0 Å². The summed E-state index contributed by atoms with van der Waals surface area (Å²) in [7, 11) is 0. The fraction of sp³-hybridized carbons (Fsp3) is 0.105. The number of hydrogen-bond acceptors (Lipinski definition) is 4. The third kappa shape index (κ3) is 4.84. The number of pyridine rings is 2. The first-order valence-corrected chi connectivity index (χ1v) is 7.83. The number of carbonyl (C=O) groups is 1. The van der Waals surface area contributed by atoms with Crippen LogP contribution in [0.5, 0.6) is 0 Å². The van der Waals surface area contributed by atoms with Gasteiger partial charge in [-0.3, -0.25) is 9.78 Å². The van der Waals surface area contributed by atoms with Crippen LogP contribution < -0.4 is 10.6 Å². The maximum absolute atomic E-state index is 13.6. The molecule has 2 aromatic heterocycles. The monoisotopic (exact) mass is 336 g/mol. The Morgan fingerprint density at radius 2 is 1.84 bits per heavy atom. The van der Waals surface area contributed by atoms with Gasteiger partial charge in [-0.25, -0.2) is 9.37 Å². The normalized spacial score (nSPS) is 10.3. The van der Waals surface area contributed by atoms with Crippen LogP contribution >= 0.6 is 0 Å². The summed E-state index contributed by atoms with van der Waals surface area (Å²) in [5, 5.41) is 5.90. The number of nitrogens with zero attached hydrogens (tertiary/aromatic N) is 2. The Morgan fingerprint density at radius 1 is 1.04 bits per heavy atom. The molecule has 5 nitrogen and oxygen atoms in total. The zero-order valence-electron chi connectivity index (χ0n) is 13.4. The summed E-state index contributed by atoms with van der Waals surface area (Å²) in [6, 6.07) is 13.6. The SMILES string of the molecule is O=C(Cc1ccccc1F)Nc1ccc(NCc2ccncc2)nc1. The highest BCUT2D eigenvalue weighted by molar-refractivity contribution is 5.92. The van der Waals surface area contributed by atoms with Gasteiger partial charge < -0.3 is 10.6 Å². The van der Waals surface area contributed by atoms with Crippen molar-refractivity contribution in [3.05, 3.63) is 84.1 Å². The number of hydrogen-bond donors (Lipinski definition) is 2. The molecule has 126 valence electrons. The number of nitrogens with one attached hydrogen (secondary N) is 2. The molecule has 3 rings (SSSR count). The first-order valence-electron chi connectivity index (χ1n) is 7.83. The molecular formula is C19H17FN4O. The second-order valence-corrected chi connectivity index (χ2v) is 5.46. The summed E-state index contributed by atoms with van der Waals surface area (Å²) in [5.74, 6) is 0.0275. The van der Waals surface area contributed by atoms with Crippen molar-refractivity contribution in [2.45, 2.75) is 13.0 Å². The molecule has 1 aromatic carbocycles. The van der Waals surface area contributed by atoms with Crippen molar-refractivity contribution in [2.75, 3.05) is 10.6 Å². The van der Waals surface area contributed by atoms with Gasteiger partial charge in [-0.05, 0) is 41.5 Å². The maximum atomic E-state index is 13.6. The number of halogens is 1. The van der Waals surface area contributed by atoms with Gasteiger partial charge in [0.25, 0.3) is 0 Å².